The zero-order valence-electron chi connectivity index (χ0n) is 20.4. The van der Waals surface area contributed by atoms with E-state index in [1.165, 1.54) is 22.7 Å². The number of thiophene rings is 1. The van der Waals surface area contributed by atoms with Gasteiger partial charge in [-0.25, -0.2) is 9.79 Å². The van der Waals surface area contributed by atoms with Crippen LogP contribution in [0.2, 0.25) is 10.0 Å². The number of hydrogen-bond donors (Lipinski definition) is 0. The molecular weight excluding hydrogens is 563 g/mol. The Morgan fingerprint density at radius 2 is 1.97 bits per heavy atom. The highest BCUT2D eigenvalue weighted by atomic mass is 35.5. The first kappa shape index (κ1) is 26.4. The number of ether oxygens (including phenoxy) is 2. The Morgan fingerprint density at radius 1 is 1.13 bits per heavy atom. The van der Waals surface area contributed by atoms with Crippen molar-refractivity contribution in [2.45, 2.75) is 26.5 Å². The van der Waals surface area contributed by atoms with E-state index in [1.807, 2.05) is 53.9 Å². The van der Waals surface area contributed by atoms with E-state index in [-0.39, 0.29) is 12.2 Å². The summed E-state index contributed by atoms with van der Waals surface area (Å²) in [7, 11) is 0. The molecule has 4 aromatic rings. The topological polar surface area (TPSA) is 69.9 Å². The molecule has 0 N–H and O–H groups in total. The van der Waals surface area contributed by atoms with Gasteiger partial charge in [0.05, 0.1) is 32.5 Å². The summed E-state index contributed by atoms with van der Waals surface area (Å²) < 4.78 is 13.4. The number of fused-ring (bicyclic) bond motifs is 1. The van der Waals surface area contributed by atoms with Gasteiger partial charge in [0.25, 0.3) is 5.56 Å². The number of esters is 1. The molecule has 6 nitrogen and oxygen atoms in total. The fourth-order valence-electron chi connectivity index (χ4n) is 4.15. The van der Waals surface area contributed by atoms with Gasteiger partial charge >= 0.3 is 5.97 Å². The van der Waals surface area contributed by atoms with Crippen LogP contribution in [0, 0.1) is 0 Å². The van der Waals surface area contributed by atoms with Gasteiger partial charge in [-0.1, -0.05) is 58.8 Å². The highest BCUT2D eigenvalue weighted by Gasteiger charge is 2.33. The van der Waals surface area contributed by atoms with Crippen molar-refractivity contribution < 1.29 is 14.3 Å². The zero-order chi connectivity index (χ0) is 26.8. The third-order valence-corrected chi connectivity index (χ3v) is 8.52. The Hall–Kier alpha value is -3.17. The lowest BCUT2D eigenvalue weighted by atomic mass is 10.0. The van der Waals surface area contributed by atoms with Crippen molar-refractivity contribution in [1.29, 1.82) is 0 Å². The van der Waals surface area contributed by atoms with Gasteiger partial charge in [0, 0.05) is 4.88 Å². The van der Waals surface area contributed by atoms with Crippen molar-refractivity contribution in [2.75, 3.05) is 6.61 Å². The van der Waals surface area contributed by atoms with Crippen molar-refractivity contribution >= 4 is 57.9 Å². The van der Waals surface area contributed by atoms with Gasteiger partial charge in [-0.2, -0.15) is 0 Å². The van der Waals surface area contributed by atoms with E-state index in [9.17, 15) is 9.59 Å². The van der Waals surface area contributed by atoms with Gasteiger partial charge in [0.1, 0.15) is 18.4 Å². The SMILES string of the molecule is CCOC(=O)C1=C(C)N=c2s/c(=C/c3cccc(OCc4ccc(Cl)c(Cl)c4)c3)c(=O)n2[C@H]1c1cccs1. The number of carbonyl (C=O) groups is 1. The molecule has 0 bridgehead atoms. The minimum Gasteiger partial charge on any atom is -0.489 e. The molecule has 0 saturated heterocycles. The molecule has 1 aliphatic rings. The van der Waals surface area contributed by atoms with Crippen LogP contribution in [-0.4, -0.2) is 17.1 Å². The number of halogens is 2. The summed E-state index contributed by atoms with van der Waals surface area (Å²) in [4.78, 5) is 32.6. The first-order chi connectivity index (χ1) is 18.4. The summed E-state index contributed by atoms with van der Waals surface area (Å²) in [6.45, 7) is 4.09. The van der Waals surface area contributed by atoms with Crippen LogP contribution >= 0.6 is 45.9 Å². The predicted molar refractivity (Wildman–Crippen MR) is 152 cm³/mol. The maximum Gasteiger partial charge on any atom is 0.338 e. The molecule has 38 heavy (non-hydrogen) atoms. The molecule has 10 heteroatoms. The Labute approximate surface area is 236 Å². The lowest BCUT2D eigenvalue weighted by Crippen LogP contribution is -2.39. The van der Waals surface area contributed by atoms with Crippen LogP contribution in [0.15, 0.2) is 81.0 Å². The molecule has 0 saturated carbocycles. The molecule has 0 fully saturated rings. The van der Waals surface area contributed by atoms with Crippen LogP contribution in [0.5, 0.6) is 5.75 Å². The average molecular weight is 586 g/mol. The number of thiazole rings is 1. The van der Waals surface area contributed by atoms with Gasteiger partial charge in [0.15, 0.2) is 4.80 Å². The Morgan fingerprint density at radius 3 is 2.71 bits per heavy atom. The fourth-order valence-corrected chi connectivity index (χ4v) is 6.34. The summed E-state index contributed by atoms with van der Waals surface area (Å²) in [5.41, 5.74) is 2.40. The molecule has 0 unspecified atom stereocenters. The second-order valence-electron chi connectivity index (χ2n) is 8.43. The molecule has 1 atom stereocenters. The van der Waals surface area contributed by atoms with E-state index in [4.69, 9.17) is 32.7 Å². The van der Waals surface area contributed by atoms with Crippen molar-refractivity contribution in [1.82, 2.24) is 4.57 Å². The molecule has 0 aliphatic carbocycles. The summed E-state index contributed by atoms with van der Waals surface area (Å²) in [5, 5.41) is 2.89. The van der Waals surface area contributed by atoms with E-state index in [0.29, 0.717) is 43.0 Å². The highest BCUT2D eigenvalue weighted by molar-refractivity contribution is 7.10. The van der Waals surface area contributed by atoms with E-state index in [0.717, 1.165) is 16.0 Å². The van der Waals surface area contributed by atoms with Gasteiger partial charge in [-0.3, -0.25) is 9.36 Å². The first-order valence-electron chi connectivity index (χ1n) is 11.8. The lowest BCUT2D eigenvalue weighted by Gasteiger charge is -2.23. The molecule has 0 radical (unpaired) electrons. The largest absolute Gasteiger partial charge is 0.489 e. The van der Waals surface area contributed by atoms with Gasteiger partial charge in [-0.15, -0.1) is 11.3 Å². The van der Waals surface area contributed by atoms with Crippen molar-refractivity contribution in [3.63, 3.8) is 0 Å². The number of aromatic nitrogens is 1. The fraction of sp³-hybridized carbons (Fsp3) is 0.179. The predicted octanol–water partition coefficient (Wildman–Crippen LogP) is 5.75. The Bertz CT molecular complexity index is 1720. The smallest absolute Gasteiger partial charge is 0.338 e. The van der Waals surface area contributed by atoms with Crippen LogP contribution in [0.4, 0.5) is 0 Å². The monoisotopic (exact) mass is 584 g/mol. The number of hydrogen-bond acceptors (Lipinski definition) is 7. The summed E-state index contributed by atoms with van der Waals surface area (Å²) in [6, 6.07) is 16.1. The molecule has 194 valence electrons. The van der Waals surface area contributed by atoms with Gasteiger partial charge < -0.3 is 9.47 Å². The zero-order valence-corrected chi connectivity index (χ0v) is 23.6. The molecule has 3 heterocycles. The maximum atomic E-state index is 13.7. The molecule has 2 aromatic heterocycles. The number of rotatable bonds is 7. The lowest BCUT2D eigenvalue weighted by molar-refractivity contribution is -0.139. The second-order valence-corrected chi connectivity index (χ2v) is 11.2. The molecule has 0 spiro atoms. The quantitative estimate of drug-likeness (QED) is 0.259. The first-order valence-corrected chi connectivity index (χ1v) is 14.2. The average Bonchev–Trinajstić information content (AvgIpc) is 3.53. The normalized spacial score (nSPS) is 15.3. The molecule has 2 aromatic carbocycles. The third kappa shape index (κ3) is 5.35. The van der Waals surface area contributed by atoms with E-state index in [2.05, 4.69) is 4.99 Å². The van der Waals surface area contributed by atoms with Crippen LogP contribution < -0.4 is 19.6 Å². The van der Waals surface area contributed by atoms with Crippen molar-refractivity contribution in [2.24, 2.45) is 4.99 Å². The number of nitrogens with zero attached hydrogens (tertiary/aromatic N) is 2. The maximum absolute atomic E-state index is 13.7. The van der Waals surface area contributed by atoms with Crippen molar-refractivity contribution in [3.8, 4) is 5.75 Å². The van der Waals surface area contributed by atoms with Crippen LogP contribution in [0.25, 0.3) is 6.08 Å². The summed E-state index contributed by atoms with van der Waals surface area (Å²) in [6.07, 6.45) is 1.81. The van der Waals surface area contributed by atoms with Gasteiger partial charge in [0.2, 0.25) is 0 Å². The summed E-state index contributed by atoms with van der Waals surface area (Å²) in [5.74, 6) is 0.183. The van der Waals surface area contributed by atoms with E-state index in [1.54, 1.807) is 30.5 Å². The third-order valence-electron chi connectivity index (χ3n) is 5.88. The Kier molecular flexibility index (Phi) is 7.85. The number of allylic oxidation sites excluding steroid dienone is 1. The Balaban J connectivity index is 1.50. The molecular formula is C28H22Cl2N2O4S2. The van der Waals surface area contributed by atoms with E-state index < -0.39 is 12.0 Å². The van der Waals surface area contributed by atoms with Crippen molar-refractivity contribution in [3.05, 3.63) is 117 Å². The van der Waals surface area contributed by atoms with Crippen LogP contribution in [-0.2, 0) is 16.1 Å². The minimum atomic E-state index is -0.590. The highest BCUT2D eigenvalue weighted by Crippen LogP contribution is 2.33. The number of carbonyl (C=O) groups excluding carboxylic acids is 1. The number of benzene rings is 2. The second kappa shape index (κ2) is 11.3. The van der Waals surface area contributed by atoms with E-state index >= 15 is 0 Å². The molecule has 0 amide bonds. The molecule has 1 aliphatic heterocycles. The van der Waals surface area contributed by atoms with Crippen LogP contribution in [0.3, 0.4) is 0 Å². The minimum absolute atomic E-state index is 0.219. The van der Waals surface area contributed by atoms with Gasteiger partial charge in [-0.05, 0) is 66.8 Å². The molecule has 5 rings (SSSR count). The summed E-state index contributed by atoms with van der Waals surface area (Å²) >= 11 is 14.9. The standard InChI is InChI=1S/C28H22Cl2N2O4S2/c1-3-35-27(34)24-16(2)31-28-32(25(24)22-8-5-11-37-22)26(33)23(38-28)14-17-6-4-7-19(12-17)36-15-18-9-10-20(29)21(30)13-18/h4-14,25H,3,15H2,1-2H3/b23-14+/t25-/m0/s1. The van der Waals surface area contributed by atoms with Crippen LogP contribution in [0.1, 0.15) is 35.9 Å².